The van der Waals surface area contributed by atoms with Crippen molar-refractivity contribution in [1.82, 2.24) is 14.9 Å². The first-order valence-corrected chi connectivity index (χ1v) is 11.8. The van der Waals surface area contributed by atoms with E-state index in [9.17, 15) is 14.4 Å². The highest BCUT2D eigenvalue weighted by Gasteiger charge is 2.15. The third kappa shape index (κ3) is 6.02. The molecule has 36 heavy (non-hydrogen) atoms. The van der Waals surface area contributed by atoms with Gasteiger partial charge in [0.2, 0.25) is 5.91 Å². The fraction of sp³-hybridized carbons (Fsp3) is 0.154. The molecule has 8 nitrogen and oxygen atoms in total. The van der Waals surface area contributed by atoms with Crippen LogP contribution >= 0.6 is 23.2 Å². The molecule has 0 atom stereocenters. The molecule has 4 rings (SSSR count). The number of nitrogens with one attached hydrogen (secondary N) is 2. The number of carbonyl (C=O) groups excluding carboxylic acids is 2. The van der Waals surface area contributed by atoms with E-state index in [1.807, 2.05) is 30.3 Å². The molecule has 0 saturated heterocycles. The van der Waals surface area contributed by atoms with Gasteiger partial charge in [0.15, 0.2) is 0 Å². The van der Waals surface area contributed by atoms with Gasteiger partial charge in [0.25, 0.3) is 5.56 Å². The summed E-state index contributed by atoms with van der Waals surface area (Å²) < 4.78 is 6.81. The van der Waals surface area contributed by atoms with E-state index in [1.165, 1.54) is 11.5 Å². The van der Waals surface area contributed by atoms with E-state index < -0.39 is 6.09 Å². The topological polar surface area (TPSA) is 102 Å². The number of anilines is 1. The summed E-state index contributed by atoms with van der Waals surface area (Å²) in [4.78, 5) is 41.6. The maximum Gasteiger partial charge on any atom is 0.411 e. The third-order valence-corrected chi connectivity index (χ3v) is 6.05. The number of ether oxygens (including phenoxy) is 1. The number of benzene rings is 3. The monoisotopic (exact) mass is 524 g/mol. The number of rotatable bonds is 7. The largest absolute Gasteiger partial charge is 0.444 e. The Bertz CT molecular complexity index is 1490. The predicted molar refractivity (Wildman–Crippen MR) is 140 cm³/mol. The number of hydrogen-bond donors (Lipinski definition) is 2. The summed E-state index contributed by atoms with van der Waals surface area (Å²) in [6.45, 7) is 2.00. The first kappa shape index (κ1) is 25.2. The Hall–Kier alpha value is -3.88. The Labute approximate surface area is 216 Å². The zero-order valence-electron chi connectivity index (χ0n) is 19.3. The van der Waals surface area contributed by atoms with Crippen molar-refractivity contribution in [2.24, 2.45) is 0 Å². The first-order valence-electron chi connectivity index (χ1n) is 11.0. The highest BCUT2D eigenvalue weighted by atomic mass is 35.5. The number of hydrogen-bond acceptors (Lipinski definition) is 5. The lowest BCUT2D eigenvalue weighted by Crippen LogP contribution is -2.31. The Morgan fingerprint density at radius 1 is 1.00 bits per heavy atom. The van der Waals surface area contributed by atoms with E-state index in [-0.39, 0.29) is 41.9 Å². The molecule has 0 aliphatic heterocycles. The van der Waals surface area contributed by atoms with Crippen molar-refractivity contribution in [3.63, 3.8) is 0 Å². The summed E-state index contributed by atoms with van der Waals surface area (Å²) in [5.41, 5.74) is 2.60. The number of amides is 2. The van der Waals surface area contributed by atoms with Gasteiger partial charge in [-0.3, -0.25) is 14.9 Å². The van der Waals surface area contributed by atoms with Crippen LogP contribution in [0.3, 0.4) is 0 Å². The maximum atomic E-state index is 13.4. The summed E-state index contributed by atoms with van der Waals surface area (Å²) in [6.07, 6.45) is -0.623. The quantitative estimate of drug-likeness (QED) is 0.343. The SMILES string of the molecule is CC(=O)NCCn1c(=O)c(-c2ccc(Cl)c(Cl)c2)nc2cc(NC(=O)OCc3ccccc3)ccc21. The molecule has 0 spiro atoms. The second-order valence-corrected chi connectivity index (χ2v) is 8.73. The van der Waals surface area contributed by atoms with Crippen molar-refractivity contribution in [2.45, 2.75) is 20.1 Å². The van der Waals surface area contributed by atoms with Gasteiger partial charge in [0.1, 0.15) is 12.3 Å². The molecular weight excluding hydrogens is 503 g/mol. The van der Waals surface area contributed by atoms with Crippen molar-refractivity contribution in [3.05, 3.63) is 92.7 Å². The number of nitrogens with zero attached hydrogens (tertiary/aromatic N) is 2. The van der Waals surface area contributed by atoms with Gasteiger partial charge in [-0.25, -0.2) is 9.78 Å². The number of halogens is 2. The molecule has 184 valence electrons. The lowest BCUT2D eigenvalue weighted by molar-refractivity contribution is -0.118. The van der Waals surface area contributed by atoms with Crippen LogP contribution in [-0.4, -0.2) is 28.1 Å². The van der Waals surface area contributed by atoms with Gasteiger partial charge in [-0.15, -0.1) is 0 Å². The molecule has 0 fully saturated rings. The van der Waals surface area contributed by atoms with E-state index >= 15 is 0 Å². The Morgan fingerprint density at radius 3 is 2.50 bits per heavy atom. The maximum absolute atomic E-state index is 13.4. The van der Waals surface area contributed by atoms with Crippen LogP contribution in [0.15, 0.2) is 71.5 Å². The van der Waals surface area contributed by atoms with Crippen molar-refractivity contribution in [1.29, 1.82) is 0 Å². The van der Waals surface area contributed by atoms with Gasteiger partial charge in [0.05, 0.1) is 21.1 Å². The number of aromatic nitrogens is 2. The fourth-order valence-corrected chi connectivity index (χ4v) is 3.90. The minimum absolute atomic E-state index is 0.128. The standard InChI is InChI=1S/C26H22Cl2N4O4/c1-16(33)29-11-12-32-23-10-8-19(30-26(35)36-15-17-5-3-2-4-6-17)14-22(23)31-24(25(32)34)18-7-9-20(27)21(28)13-18/h2-10,13-14H,11-12,15H2,1H3,(H,29,33)(H,30,35). The summed E-state index contributed by atoms with van der Waals surface area (Å²) in [6, 6.07) is 19.1. The highest BCUT2D eigenvalue weighted by Crippen LogP contribution is 2.27. The van der Waals surface area contributed by atoms with Crippen LogP contribution in [0.25, 0.3) is 22.3 Å². The van der Waals surface area contributed by atoms with Crippen LogP contribution in [0, 0.1) is 0 Å². The molecular formula is C26H22Cl2N4O4. The van der Waals surface area contributed by atoms with Crippen molar-refractivity contribution in [3.8, 4) is 11.3 Å². The van der Waals surface area contributed by atoms with Gasteiger partial charge in [-0.2, -0.15) is 0 Å². The predicted octanol–water partition coefficient (Wildman–Crippen LogP) is 5.26. The van der Waals surface area contributed by atoms with Crippen molar-refractivity contribution < 1.29 is 14.3 Å². The summed E-state index contributed by atoms with van der Waals surface area (Å²) >= 11 is 12.2. The normalized spacial score (nSPS) is 10.8. The summed E-state index contributed by atoms with van der Waals surface area (Å²) in [5.74, 6) is -0.202. The molecule has 0 aliphatic carbocycles. The molecule has 2 amide bonds. The molecule has 1 aromatic heterocycles. The first-order chi connectivity index (χ1) is 17.3. The van der Waals surface area contributed by atoms with Gasteiger partial charge >= 0.3 is 6.09 Å². The fourth-order valence-electron chi connectivity index (χ4n) is 3.60. The average molecular weight is 525 g/mol. The molecule has 10 heteroatoms. The van der Waals surface area contributed by atoms with E-state index in [0.717, 1.165) is 5.56 Å². The van der Waals surface area contributed by atoms with Gasteiger partial charge in [-0.1, -0.05) is 59.6 Å². The van der Waals surface area contributed by atoms with E-state index in [2.05, 4.69) is 15.6 Å². The Morgan fingerprint density at radius 2 is 1.78 bits per heavy atom. The number of carbonyl (C=O) groups is 2. The van der Waals surface area contributed by atoms with Gasteiger partial charge in [-0.05, 0) is 35.9 Å². The van der Waals surface area contributed by atoms with Gasteiger partial charge in [0, 0.05) is 31.3 Å². The molecule has 3 aromatic carbocycles. The zero-order valence-corrected chi connectivity index (χ0v) is 20.8. The molecule has 0 bridgehead atoms. The van der Waals surface area contributed by atoms with Crippen LogP contribution < -0.4 is 16.2 Å². The minimum atomic E-state index is -0.623. The minimum Gasteiger partial charge on any atom is -0.444 e. The lowest BCUT2D eigenvalue weighted by Gasteiger charge is -2.14. The van der Waals surface area contributed by atoms with E-state index in [4.69, 9.17) is 27.9 Å². The highest BCUT2D eigenvalue weighted by molar-refractivity contribution is 6.42. The van der Waals surface area contributed by atoms with Crippen LogP contribution in [0.4, 0.5) is 10.5 Å². The van der Waals surface area contributed by atoms with Crippen molar-refractivity contribution in [2.75, 3.05) is 11.9 Å². The third-order valence-electron chi connectivity index (χ3n) is 5.31. The van der Waals surface area contributed by atoms with Crippen LogP contribution in [0.5, 0.6) is 0 Å². The molecule has 0 saturated carbocycles. The average Bonchev–Trinajstić information content (AvgIpc) is 2.86. The van der Waals surface area contributed by atoms with Crippen LogP contribution in [0.2, 0.25) is 10.0 Å². The molecule has 0 radical (unpaired) electrons. The smallest absolute Gasteiger partial charge is 0.411 e. The summed E-state index contributed by atoms with van der Waals surface area (Å²) in [5, 5.41) is 6.03. The van der Waals surface area contributed by atoms with Gasteiger partial charge < -0.3 is 14.6 Å². The molecule has 4 aromatic rings. The summed E-state index contributed by atoms with van der Waals surface area (Å²) in [7, 11) is 0. The second kappa shape index (κ2) is 11.2. The second-order valence-electron chi connectivity index (χ2n) is 7.92. The molecule has 0 unspecified atom stereocenters. The Kier molecular flexibility index (Phi) is 7.87. The zero-order chi connectivity index (χ0) is 25.7. The molecule has 1 heterocycles. The lowest BCUT2D eigenvalue weighted by atomic mass is 10.1. The number of fused-ring (bicyclic) bond motifs is 1. The Balaban J connectivity index is 1.67. The van der Waals surface area contributed by atoms with E-state index in [1.54, 1.807) is 36.4 Å². The molecule has 2 N–H and O–H groups in total. The van der Waals surface area contributed by atoms with Crippen LogP contribution in [0.1, 0.15) is 12.5 Å². The van der Waals surface area contributed by atoms with Crippen LogP contribution in [-0.2, 0) is 22.7 Å². The molecule has 0 aliphatic rings. The van der Waals surface area contributed by atoms with E-state index in [0.29, 0.717) is 27.3 Å². The van der Waals surface area contributed by atoms with Crippen molar-refractivity contribution >= 4 is 51.9 Å².